The van der Waals surface area contributed by atoms with Crippen LogP contribution < -0.4 is 11.1 Å². The van der Waals surface area contributed by atoms with E-state index in [1.165, 1.54) is 11.0 Å². The zero-order valence-corrected chi connectivity index (χ0v) is 9.57. The summed E-state index contributed by atoms with van der Waals surface area (Å²) in [7, 11) is -3.06. The summed E-state index contributed by atoms with van der Waals surface area (Å²) in [5, 5.41) is 6.16. The van der Waals surface area contributed by atoms with Crippen molar-refractivity contribution in [1.82, 2.24) is 20.1 Å². The third-order valence-corrected chi connectivity index (χ3v) is 2.60. The average molecular weight is 247 g/mol. The molecule has 0 radical (unpaired) electrons. The van der Waals surface area contributed by atoms with Gasteiger partial charge in [0.25, 0.3) is 0 Å². The summed E-state index contributed by atoms with van der Waals surface area (Å²) in [6.45, 7) is 0.0514. The van der Waals surface area contributed by atoms with E-state index in [1.807, 2.05) is 0 Å². The van der Waals surface area contributed by atoms with E-state index >= 15 is 0 Å². The van der Waals surface area contributed by atoms with Gasteiger partial charge in [0.15, 0.2) is 0 Å². The number of carbonyl (C=O) groups excluding carboxylic acids is 1. The summed E-state index contributed by atoms with van der Waals surface area (Å²) in [6.07, 6.45) is 2.43. The van der Waals surface area contributed by atoms with Crippen LogP contribution in [0, 0.1) is 0 Å². The number of nitrogens with zero attached hydrogens (tertiary/aromatic N) is 3. The van der Waals surface area contributed by atoms with Crippen molar-refractivity contribution < 1.29 is 13.2 Å². The van der Waals surface area contributed by atoms with E-state index in [2.05, 4.69) is 15.4 Å². The minimum Gasteiger partial charge on any atom is -0.367 e. The summed E-state index contributed by atoms with van der Waals surface area (Å²) in [5.74, 6) is -0.337. The SMILES string of the molecule is CS(=O)(=O)CCNC(=O)Cn1cnc(N)n1. The van der Waals surface area contributed by atoms with E-state index in [9.17, 15) is 13.2 Å². The second-order valence-electron chi connectivity index (χ2n) is 3.28. The van der Waals surface area contributed by atoms with Gasteiger partial charge < -0.3 is 11.1 Å². The number of anilines is 1. The Morgan fingerprint density at radius 2 is 2.31 bits per heavy atom. The Hall–Kier alpha value is -1.64. The van der Waals surface area contributed by atoms with Crippen LogP contribution >= 0.6 is 0 Å². The van der Waals surface area contributed by atoms with Crippen molar-refractivity contribution in [3.05, 3.63) is 6.33 Å². The minimum atomic E-state index is -3.06. The maximum absolute atomic E-state index is 11.3. The number of hydrogen-bond donors (Lipinski definition) is 2. The molecule has 0 fully saturated rings. The zero-order chi connectivity index (χ0) is 12.2. The van der Waals surface area contributed by atoms with Crippen molar-refractivity contribution in [2.75, 3.05) is 24.3 Å². The molecule has 1 heterocycles. The highest BCUT2D eigenvalue weighted by molar-refractivity contribution is 7.90. The Morgan fingerprint density at radius 1 is 1.62 bits per heavy atom. The number of rotatable bonds is 5. The first-order valence-electron chi connectivity index (χ1n) is 4.46. The number of amides is 1. The third kappa shape index (κ3) is 4.73. The fourth-order valence-electron chi connectivity index (χ4n) is 0.964. The number of hydrogen-bond acceptors (Lipinski definition) is 6. The molecular formula is C7H13N5O3S. The summed E-state index contributed by atoms with van der Waals surface area (Å²) < 4.78 is 22.8. The highest BCUT2D eigenvalue weighted by Crippen LogP contribution is 1.89. The summed E-state index contributed by atoms with van der Waals surface area (Å²) >= 11 is 0. The largest absolute Gasteiger partial charge is 0.367 e. The Balaban J connectivity index is 2.32. The Labute approximate surface area is 92.8 Å². The van der Waals surface area contributed by atoms with Gasteiger partial charge in [-0.1, -0.05) is 0 Å². The molecule has 9 heteroatoms. The number of sulfone groups is 1. The molecule has 0 saturated carbocycles. The maximum atomic E-state index is 11.3. The molecule has 0 saturated heterocycles. The average Bonchev–Trinajstić information content (AvgIpc) is 2.48. The molecule has 8 nitrogen and oxygen atoms in total. The summed E-state index contributed by atoms with van der Waals surface area (Å²) in [4.78, 5) is 14.9. The maximum Gasteiger partial charge on any atom is 0.241 e. The summed E-state index contributed by atoms with van der Waals surface area (Å²) in [6, 6.07) is 0. The van der Waals surface area contributed by atoms with Gasteiger partial charge in [0.05, 0.1) is 5.75 Å². The lowest BCUT2D eigenvalue weighted by Crippen LogP contribution is -2.31. The molecule has 1 aromatic rings. The number of nitrogen functional groups attached to an aromatic ring is 1. The van der Waals surface area contributed by atoms with Gasteiger partial charge in [-0.3, -0.25) is 4.79 Å². The van der Waals surface area contributed by atoms with Crippen molar-refractivity contribution in [2.45, 2.75) is 6.54 Å². The molecule has 1 aromatic heterocycles. The Bertz CT molecular complexity index is 466. The fraction of sp³-hybridized carbons (Fsp3) is 0.571. The van der Waals surface area contributed by atoms with Crippen molar-refractivity contribution in [1.29, 1.82) is 0 Å². The van der Waals surface area contributed by atoms with Crippen LogP contribution in [0.25, 0.3) is 0 Å². The van der Waals surface area contributed by atoms with Crippen molar-refractivity contribution >= 4 is 21.7 Å². The molecule has 1 amide bonds. The quantitative estimate of drug-likeness (QED) is 0.622. The first-order chi connectivity index (χ1) is 7.37. The third-order valence-electron chi connectivity index (χ3n) is 1.65. The predicted molar refractivity (Wildman–Crippen MR) is 57.2 cm³/mol. The van der Waals surface area contributed by atoms with Gasteiger partial charge in [-0.15, -0.1) is 5.10 Å². The molecule has 0 bridgehead atoms. The van der Waals surface area contributed by atoms with Gasteiger partial charge in [0.1, 0.15) is 22.7 Å². The van der Waals surface area contributed by atoms with E-state index in [0.29, 0.717) is 0 Å². The normalized spacial score (nSPS) is 11.3. The summed E-state index contributed by atoms with van der Waals surface area (Å²) in [5.41, 5.74) is 5.26. The number of nitrogens with two attached hydrogens (primary N) is 1. The Morgan fingerprint density at radius 3 is 2.81 bits per heavy atom. The van der Waals surface area contributed by atoms with Crippen LogP contribution in [0.3, 0.4) is 0 Å². The van der Waals surface area contributed by atoms with Gasteiger partial charge in [-0.05, 0) is 0 Å². The van der Waals surface area contributed by atoms with Crippen LogP contribution in [0.5, 0.6) is 0 Å². The second kappa shape index (κ2) is 4.92. The van der Waals surface area contributed by atoms with Gasteiger partial charge in [0, 0.05) is 12.8 Å². The van der Waals surface area contributed by atoms with Crippen LogP contribution in [-0.4, -0.2) is 47.6 Å². The van der Waals surface area contributed by atoms with Gasteiger partial charge in [-0.2, -0.15) is 0 Å². The van der Waals surface area contributed by atoms with E-state index in [-0.39, 0.29) is 30.7 Å². The van der Waals surface area contributed by atoms with Crippen LogP contribution in [-0.2, 0) is 21.2 Å². The smallest absolute Gasteiger partial charge is 0.241 e. The molecule has 0 aliphatic heterocycles. The topological polar surface area (TPSA) is 120 Å². The molecular weight excluding hydrogens is 234 g/mol. The lowest BCUT2D eigenvalue weighted by Gasteiger charge is -2.03. The van der Waals surface area contributed by atoms with Crippen LogP contribution in [0.2, 0.25) is 0 Å². The Kier molecular flexibility index (Phi) is 3.82. The molecule has 0 atom stereocenters. The number of carbonyl (C=O) groups is 1. The van der Waals surface area contributed by atoms with E-state index in [4.69, 9.17) is 5.73 Å². The van der Waals surface area contributed by atoms with Crippen LogP contribution in [0.15, 0.2) is 6.33 Å². The van der Waals surface area contributed by atoms with Crippen molar-refractivity contribution in [2.24, 2.45) is 0 Å². The first-order valence-corrected chi connectivity index (χ1v) is 6.52. The fourth-order valence-corrected chi connectivity index (χ4v) is 1.44. The van der Waals surface area contributed by atoms with Crippen molar-refractivity contribution in [3.8, 4) is 0 Å². The van der Waals surface area contributed by atoms with Gasteiger partial charge >= 0.3 is 0 Å². The first kappa shape index (κ1) is 12.4. The molecule has 0 aliphatic carbocycles. The lowest BCUT2D eigenvalue weighted by atomic mass is 10.5. The molecule has 3 N–H and O–H groups in total. The lowest BCUT2D eigenvalue weighted by molar-refractivity contribution is -0.121. The van der Waals surface area contributed by atoms with Crippen LogP contribution in [0.1, 0.15) is 0 Å². The molecule has 16 heavy (non-hydrogen) atoms. The highest BCUT2D eigenvalue weighted by atomic mass is 32.2. The van der Waals surface area contributed by atoms with Gasteiger partial charge in [0.2, 0.25) is 11.9 Å². The zero-order valence-electron chi connectivity index (χ0n) is 8.75. The predicted octanol–water partition coefficient (Wildman–Crippen LogP) is -1.98. The van der Waals surface area contributed by atoms with Crippen LogP contribution in [0.4, 0.5) is 5.95 Å². The highest BCUT2D eigenvalue weighted by Gasteiger charge is 2.06. The monoisotopic (exact) mass is 247 g/mol. The molecule has 0 spiro atoms. The minimum absolute atomic E-state index is 0.0338. The molecule has 0 unspecified atom stereocenters. The molecule has 90 valence electrons. The number of aromatic nitrogens is 3. The van der Waals surface area contributed by atoms with Crippen molar-refractivity contribution in [3.63, 3.8) is 0 Å². The standard InChI is InChI=1S/C7H13N5O3S/c1-16(14,15)3-2-9-6(13)4-12-5-10-7(8)11-12/h5H,2-4H2,1H3,(H2,8,11)(H,9,13). The van der Waals surface area contributed by atoms with Gasteiger partial charge in [-0.25, -0.2) is 18.1 Å². The molecule has 1 rings (SSSR count). The molecule has 0 aromatic carbocycles. The molecule has 0 aliphatic rings. The van der Waals surface area contributed by atoms with E-state index in [0.717, 1.165) is 6.26 Å². The second-order valence-corrected chi connectivity index (χ2v) is 5.54. The van der Waals surface area contributed by atoms with E-state index in [1.54, 1.807) is 0 Å². The number of nitrogens with one attached hydrogen (secondary N) is 1. The van der Waals surface area contributed by atoms with E-state index < -0.39 is 9.84 Å².